The van der Waals surface area contributed by atoms with E-state index in [4.69, 9.17) is 4.42 Å². The van der Waals surface area contributed by atoms with E-state index in [1.165, 1.54) is 6.07 Å². The van der Waals surface area contributed by atoms with Crippen LogP contribution in [0.5, 0.6) is 0 Å². The highest BCUT2D eigenvalue weighted by Crippen LogP contribution is 2.20. The molecule has 1 amide bonds. The number of nitrogens with zero attached hydrogens (tertiary/aromatic N) is 3. The summed E-state index contributed by atoms with van der Waals surface area (Å²) in [5, 5.41) is 6.01. The van der Waals surface area contributed by atoms with Gasteiger partial charge in [-0.3, -0.25) is 4.79 Å². The molecule has 7 nitrogen and oxygen atoms in total. The summed E-state index contributed by atoms with van der Waals surface area (Å²) in [6, 6.07) is 10.4. The number of amides is 1. The SMILES string of the molecule is CCNC(=NCC(=O)NCc1ccco1)N1CCN(c2ccccc2F)CC1.I. The van der Waals surface area contributed by atoms with Crippen LogP contribution in [0.25, 0.3) is 0 Å². The molecule has 0 unspecified atom stereocenters. The van der Waals surface area contributed by atoms with Gasteiger partial charge in [-0.1, -0.05) is 12.1 Å². The molecule has 0 saturated carbocycles. The number of halogens is 2. The summed E-state index contributed by atoms with van der Waals surface area (Å²) in [7, 11) is 0. The van der Waals surface area contributed by atoms with E-state index in [-0.39, 0.29) is 42.2 Å². The fraction of sp³-hybridized carbons (Fsp3) is 0.400. The minimum atomic E-state index is -0.204. The van der Waals surface area contributed by atoms with Gasteiger partial charge in [0.05, 0.1) is 18.5 Å². The molecule has 1 fully saturated rings. The highest BCUT2D eigenvalue weighted by atomic mass is 127. The third kappa shape index (κ3) is 6.62. The molecule has 1 saturated heterocycles. The Kier molecular flexibility index (Phi) is 9.23. The van der Waals surface area contributed by atoms with Crippen molar-refractivity contribution < 1.29 is 13.6 Å². The van der Waals surface area contributed by atoms with Crippen molar-refractivity contribution in [1.82, 2.24) is 15.5 Å². The maximum Gasteiger partial charge on any atom is 0.242 e. The van der Waals surface area contributed by atoms with E-state index < -0.39 is 0 Å². The van der Waals surface area contributed by atoms with Crippen LogP contribution < -0.4 is 15.5 Å². The number of para-hydroxylation sites is 1. The molecule has 0 aliphatic carbocycles. The number of hydrogen-bond donors (Lipinski definition) is 2. The van der Waals surface area contributed by atoms with Gasteiger partial charge in [0.15, 0.2) is 5.96 Å². The van der Waals surface area contributed by atoms with Gasteiger partial charge in [0.1, 0.15) is 18.1 Å². The molecular weight excluding hydrogens is 488 g/mol. The lowest BCUT2D eigenvalue weighted by Gasteiger charge is -2.37. The van der Waals surface area contributed by atoms with Gasteiger partial charge in [0.2, 0.25) is 5.91 Å². The average Bonchev–Trinajstić information content (AvgIpc) is 3.24. The van der Waals surface area contributed by atoms with Gasteiger partial charge in [0.25, 0.3) is 0 Å². The second kappa shape index (κ2) is 11.6. The molecule has 1 aromatic heterocycles. The van der Waals surface area contributed by atoms with E-state index in [0.717, 1.165) is 0 Å². The molecular formula is C20H27FIN5O2. The van der Waals surface area contributed by atoms with Crippen LogP contribution in [0.15, 0.2) is 52.1 Å². The van der Waals surface area contributed by atoms with Crippen molar-refractivity contribution in [3.05, 3.63) is 54.2 Å². The standard InChI is InChI=1S/C20H26FN5O2.HI/c1-2-22-20(24-15-19(27)23-14-16-6-5-13-28-16)26-11-9-25(10-12-26)18-8-4-3-7-17(18)21;/h3-8,13H,2,9-12,14-15H2,1H3,(H,22,24)(H,23,27);1H. The van der Waals surface area contributed by atoms with Crippen molar-refractivity contribution >= 4 is 41.5 Å². The van der Waals surface area contributed by atoms with Gasteiger partial charge < -0.3 is 24.9 Å². The molecule has 158 valence electrons. The van der Waals surface area contributed by atoms with Crippen molar-refractivity contribution in [2.75, 3.05) is 44.2 Å². The van der Waals surface area contributed by atoms with Gasteiger partial charge >= 0.3 is 0 Å². The van der Waals surface area contributed by atoms with E-state index >= 15 is 0 Å². The summed E-state index contributed by atoms with van der Waals surface area (Å²) in [6.45, 7) is 5.87. The van der Waals surface area contributed by atoms with Crippen LogP contribution in [0.2, 0.25) is 0 Å². The number of hydrogen-bond acceptors (Lipinski definition) is 4. The van der Waals surface area contributed by atoms with Gasteiger partial charge in [-0.05, 0) is 31.2 Å². The number of anilines is 1. The van der Waals surface area contributed by atoms with Crippen molar-refractivity contribution in [1.29, 1.82) is 0 Å². The minimum absolute atomic E-state index is 0. The lowest BCUT2D eigenvalue weighted by atomic mass is 10.2. The summed E-state index contributed by atoms with van der Waals surface area (Å²) in [4.78, 5) is 20.6. The molecule has 0 spiro atoms. The number of rotatable bonds is 6. The van der Waals surface area contributed by atoms with Crippen molar-refractivity contribution in [2.24, 2.45) is 4.99 Å². The number of carbonyl (C=O) groups excluding carboxylic acids is 1. The Morgan fingerprint density at radius 1 is 1.14 bits per heavy atom. The maximum absolute atomic E-state index is 14.0. The molecule has 9 heteroatoms. The Morgan fingerprint density at radius 2 is 1.90 bits per heavy atom. The molecule has 2 aromatic rings. The molecule has 0 atom stereocenters. The Labute approximate surface area is 187 Å². The fourth-order valence-corrected chi connectivity index (χ4v) is 3.09. The summed E-state index contributed by atoms with van der Waals surface area (Å²) < 4.78 is 19.2. The third-order valence-corrected chi connectivity index (χ3v) is 4.52. The highest BCUT2D eigenvalue weighted by molar-refractivity contribution is 14.0. The average molecular weight is 515 g/mol. The smallest absolute Gasteiger partial charge is 0.242 e. The second-order valence-corrected chi connectivity index (χ2v) is 6.45. The number of benzene rings is 1. The molecule has 3 rings (SSSR count). The summed E-state index contributed by atoms with van der Waals surface area (Å²) in [5.74, 6) is 1.03. The number of aliphatic imine (C=N–C) groups is 1. The third-order valence-electron chi connectivity index (χ3n) is 4.52. The van der Waals surface area contributed by atoms with E-state index in [0.29, 0.717) is 56.7 Å². The normalized spacial score (nSPS) is 14.3. The Hall–Kier alpha value is -2.30. The zero-order valence-electron chi connectivity index (χ0n) is 16.4. The quantitative estimate of drug-likeness (QED) is 0.352. The lowest BCUT2D eigenvalue weighted by molar-refractivity contribution is -0.119. The van der Waals surface area contributed by atoms with Crippen LogP contribution in [0.1, 0.15) is 12.7 Å². The van der Waals surface area contributed by atoms with E-state index in [2.05, 4.69) is 20.5 Å². The number of nitrogens with one attached hydrogen (secondary N) is 2. The first-order chi connectivity index (χ1) is 13.7. The van der Waals surface area contributed by atoms with Gasteiger partial charge in [-0.2, -0.15) is 0 Å². The van der Waals surface area contributed by atoms with E-state index in [1.807, 2.05) is 24.0 Å². The molecule has 1 aliphatic heterocycles. The van der Waals surface area contributed by atoms with Gasteiger partial charge in [0, 0.05) is 32.7 Å². The van der Waals surface area contributed by atoms with Crippen LogP contribution in [0, 0.1) is 5.82 Å². The first-order valence-corrected chi connectivity index (χ1v) is 9.49. The largest absolute Gasteiger partial charge is 0.467 e. The van der Waals surface area contributed by atoms with E-state index in [9.17, 15) is 9.18 Å². The Bertz CT molecular complexity index is 792. The van der Waals surface area contributed by atoms with Gasteiger partial charge in [-0.15, -0.1) is 24.0 Å². The highest BCUT2D eigenvalue weighted by Gasteiger charge is 2.21. The topological polar surface area (TPSA) is 73.1 Å². The number of piperazine rings is 1. The first-order valence-electron chi connectivity index (χ1n) is 9.49. The Morgan fingerprint density at radius 3 is 2.55 bits per heavy atom. The zero-order valence-corrected chi connectivity index (χ0v) is 18.8. The predicted octanol–water partition coefficient (Wildman–Crippen LogP) is 2.44. The van der Waals surface area contributed by atoms with Crippen LogP contribution in [0.4, 0.5) is 10.1 Å². The monoisotopic (exact) mass is 515 g/mol. The van der Waals surface area contributed by atoms with Crippen molar-refractivity contribution in [3.8, 4) is 0 Å². The molecule has 0 bridgehead atoms. The van der Waals surface area contributed by atoms with Crippen LogP contribution in [-0.2, 0) is 11.3 Å². The Balaban J connectivity index is 0.00000300. The summed E-state index contributed by atoms with van der Waals surface area (Å²) in [6.07, 6.45) is 1.57. The number of guanidine groups is 1. The summed E-state index contributed by atoms with van der Waals surface area (Å²) >= 11 is 0. The van der Waals surface area contributed by atoms with Gasteiger partial charge in [-0.25, -0.2) is 9.38 Å². The molecule has 2 heterocycles. The maximum atomic E-state index is 14.0. The fourth-order valence-electron chi connectivity index (χ4n) is 3.09. The van der Waals surface area contributed by atoms with Crippen LogP contribution in [0.3, 0.4) is 0 Å². The minimum Gasteiger partial charge on any atom is -0.467 e. The van der Waals surface area contributed by atoms with Crippen molar-refractivity contribution in [3.63, 3.8) is 0 Å². The number of carbonyl (C=O) groups is 1. The molecule has 1 aliphatic rings. The lowest BCUT2D eigenvalue weighted by Crippen LogP contribution is -2.53. The zero-order chi connectivity index (χ0) is 19.8. The van der Waals surface area contributed by atoms with E-state index in [1.54, 1.807) is 24.5 Å². The predicted molar refractivity (Wildman–Crippen MR) is 122 cm³/mol. The number of furan rings is 1. The first kappa shape index (κ1) is 23.0. The van der Waals surface area contributed by atoms with Crippen LogP contribution >= 0.6 is 24.0 Å². The molecule has 0 radical (unpaired) electrons. The second-order valence-electron chi connectivity index (χ2n) is 6.45. The molecule has 1 aromatic carbocycles. The summed E-state index contributed by atoms with van der Waals surface area (Å²) in [5.41, 5.74) is 0.626. The van der Waals surface area contributed by atoms with Crippen molar-refractivity contribution in [2.45, 2.75) is 13.5 Å². The van der Waals surface area contributed by atoms with Crippen LogP contribution in [-0.4, -0.2) is 56.0 Å². The molecule has 29 heavy (non-hydrogen) atoms. The molecule has 2 N–H and O–H groups in total.